The third-order valence-electron chi connectivity index (χ3n) is 4.17. The van der Waals surface area contributed by atoms with Gasteiger partial charge in [0.15, 0.2) is 0 Å². The fourth-order valence-electron chi connectivity index (χ4n) is 3.10. The average Bonchev–Trinajstić information content (AvgIpc) is 2.97. The van der Waals surface area contributed by atoms with E-state index in [-0.39, 0.29) is 35.1 Å². The first-order valence-corrected chi connectivity index (χ1v) is 7.71. The molecule has 0 aromatic heterocycles. The minimum Gasteiger partial charge on any atom is -0.489 e. The third-order valence-corrected chi connectivity index (χ3v) is 4.17. The molecule has 0 fully saturated rings. The highest BCUT2D eigenvalue weighted by molar-refractivity contribution is 5.79. The summed E-state index contributed by atoms with van der Waals surface area (Å²) < 4.78 is 5.96. The number of benzene rings is 2. The first-order chi connectivity index (χ1) is 12.0. The number of ether oxygens (including phenoxy) is 1. The number of hydrogen-bond donors (Lipinski definition) is 1. The highest BCUT2D eigenvalue weighted by atomic mass is 16.6. The Labute approximate surface area is 143 Å². The molecule has 0 bridgehead atoms. The molecule has 2 N–H and O–H groups in total. The van der Waals surface area contributed by atoms with E-state index in [0.717, 1.165) is 17.2 Å². The molecular formula is C18H15N3O4. The highest BCUT2D eigenvalue weighted by Gasteiger charge is 2.27. The van der Waals surface area contributed by atoms with Crippen molar-refractivity contribution >= 4 is 11.6 Å². The van der Waals surface area contributed by atoms with E-state index in [4.69, 9.17) is 15.7 Å². The van der Waals surface area contributed by atoms with Crippen LogP contribution in [-0.2, 0) is 24.1 Å². The van der Waals surface area contributed by atoms with E-state index < -0.39 is 10.8 Å². The summed E-state index contributed by atoms with van der Waals surface area (Å²) in [6.07, 6.45) is 0.794. The van der Waals surface area contributed by atoms with Crippen LogP contribution in [0.1, 0.15) is 22.3 Å². The fraction of sp³-hybridized carbons (Fsp3) is 0.222. The van der Waals surface area contributed by atoms with Gasteiger partial charge in [0.2, 0.25) is 5.91 Å². The van der Waals surface area contributed by atoms with Crippen LogP contribution in [0.3, 0.4) is 0 Å². The van der Waals surface area contributed by atoms with E-state index in [1.165, 1.54) is 6.07 Å². The maximum atomic E-state index is 11.3. The molecule has 0 spiro atoms. The van der Waals surface area contributed by atoms with Crippen LogP contribution < -0.4 is 10.5 Å². The van der Waals surface area contributed by atoms with Crippen LogP contribution in [0.2, 0.25) is 0 Å². The van der Waals surface area contributed by atoms with Crippen molar-refractivity contribution in [3.05, 3.63) is 68.8 Å². The minimum atomic E-state index is -0.702. The van der Waals surface area contributed by atoms with Gasteiger partial charge in [-0.15, -0.1) is 0 Å². The lowest BCUT2D eigenvalue weighted by Gasteiger charge is -2.16. The summed E-state index contributed by atoms with van der Waals surface area (Å²) in [5.41, 5.74) is 7.43. The van der Waals surface area contributed by atoms with Gasteiger partial charge in [-0.25, -0.2) is 0 Å². The molecule has 0 aliphatic heterocycles. The van der Waals surface area contributed by atoms with E-state index in [9.17, 15) is 14.9 Å². The summed E-state index contributed by atoms with van der Waals surface area (Å²) >= 11 is 0. The third kappa shape index (κ3) is 3.43. The smallest absolute Gasteiger partial charge is 0.278 e. The number of carbonyl (C=O) groups excluding carboxylic acids is 1. The lowest BCUT2D eigenvalue weighted by molar-refractivity contribution is -0.385. The summed E-state index contributed by atoms with van der Waals surface area (Å²) in [6, 6.07) is 12.4. The van der Waals surface area contributed by atoms with Gasteiger partial charge in [-0.05, 0) is 17.2 Å². The molecule has 7 heteroatoms. The van der Waals surface area contributed by atoms with Crippen molar-refractivity contribution in [3.8, 4) is 11.8 Å². The molecule has 0 unspecified atom stereocenters. The molecule has 1 aliphatic rings. The zero-order chi connectivity index (χ0) is 18.0. The van der Waals surface area contributed by atoms with Gasteiger partial charge in [0.05, 0.1) is 28.5 Å². The van der Waals surface area contributed by atoms with E-state index in [2.05, 4.69) is 0 Å². The highest BCUT2D eigenvalue weighted by Crippen LogP contribution is 2.34. The quantitative estimate of drug-likeness (QED) is 0.661. The molecule has 0 heterocycles. The molecule has 3 rings (SSSR count). The Balaban J connectivity index is 1.97. The Morgan fingerprint density at radius 2 is 1.96 bits per heavy atom. The largest absolute Gasteiger partial charge is 0.489 e. The normalized spacial score (nSPS) is 13.1. The minimum absolute atomic E-state index is 0.102. The number of fused-ring (bicyclic) bond motifs is 1. The zero-order valence-corrected chi connectivity index (χ0v) is 13.3. The Hall–Kier alpha value is -3.40. The maximum Gasteiger partial charge on any atom is 0.278 e. The van der Waals surface area contributed by atoms with Crippen molar-refractivity contribution in [3.63, 3.8) is 0 Å². The monoisotopic (exact) mass is 337 g/mol. The molecule has 0 saturated carbocycles. The van der Waals surface area contributed by atoms with Crippen LogP contribution >= 0.6 is 0 Å². The van der Waals surface area contributed by atoms with E-state index in [1.807, 2.05) is 30.3 Å². The van der Waals surface area contributed by atoms with Crippen molar-refractivity contribution in [2.24, 2.45) is 5.73 Å². The predicted molar refractivity (Wildman–Crippen MR) is 89.0 cm³/mol. The van der Waals surface area contributed by atoms with Gasteiger partial charge in [-0.1, -0.05) is 24.3 Å². The second-order valence-corrected chi connectivity index (χ2v) is 5.90. The molecule has 1 aliphatic carbocycles. The zero-order valence-electron chi connectivity index (χ0n) is 13.3. The van der Waals surface area contributed by atoms with Crippen molar-refractivity contribution in [1.29, 1.82) is 5.26 Å². The van der Waals surface area contributed by atoms with Gasteiger partial charge in [0.1, 0.15) is 11.9 Å². The first kappa shape index (κ1) is 16.5. The van der Waals surface area contributed by atoms with Crippen molar-refractivity contribution < 1.29 is 14.5 Å². The molecule has 126 valence electrons. The van der Waals surface area contributed by atoms with Gasteiger partial charge in [0.25, 0.3) is 5.69 Å². The van der Waals surface area contributed by atoms with Crippen molar-refractivity contribution in [2.45, 2.75) is 25.4 Å². The summed E-state index contributed by atoms with van der Waals surface area (Å²) in [5, 5.41) is 20.5. The lowest BCUT2D eigenvalue weighted by atomic mass is 10.0. The van der Waals surface area contributed by atoms with Crippen LogP contribution in [0.25, 0.3) is 0 Å². The molecule has 0 atom stereocenters. The molecule has 0 saturated heterocycles. The van der Waals surface area contributed by atoms with Crippen molar-refractivity contribution in [2.75, 3.05) is 0 Å². The lowest BCUT2D eigenvalue weighted by Crippen LogP contribution is -2.20. The van der Waals surface area contributed by atoms with Crippen LogP contribution in [0, 0.1) is 21.4 Å². The van der Waals surface area contributed by atoms with E-state index >= 15 is 0 Å². The van der Waals surface area contributed by atoms with Gasteiger partial charge in [-0.3, -0.25) is 14.9 Å². The number of nitriles is 1. The number of hydrogen-bond acceptors (Lipinski definition) is 5. The Morgan fingerprint density at radius 3 is 2.48 bits per heavy atom. The van der Waals surface area contributed by atoms with E-state index in [0.29, 0.717) is 12.8 Å². The molecule has 7 nitrogen and oxygen atoms in total. The number of carbonyl (C=O) groups is 1. The van der Waals surface area contributed by atoms with E-state index in [1.54, 1.807) is 0 Å². The Morgan fingerprint density at radius 1 is 1.32 bits per heavy atom. The number of nitro benzene ring substituents is 1. The fourth-order valence-corrected chi connectivity index (χ4v) is 3.10. The standard InChI is InChI=1S/C18H15N3O4/c19-10-11-5-16(21(23)24)15(9-18(20)22)17(6-11)25-14-7-12-3-1-2-4-13(12)8-14/h1-6,14H,7-9H2,(H2,20,22). The second kappa shape index (κ2) is 6.61. The van der Waals surface area contributed by atoms with Gasteiger partial charge in [0, 0.05) is 18.9 Å². The number of nitrogens with two attached hydrogens (primary N) is 1. The maximum absolute atomic E-state index is 11.3. The van der Waals surface area contributed by atoms with Gasteiger partial charge >= 0.3 is 0 Å². The van der Waals surface area contributed by atoms with Crippen LogP contribution in [0.4, 0.5) is 5.69 Å². The summed E-state index contributed by atoms with van der Waals surface area (Å²) in [6.45, 7) is 0. The molecule has 2 aromatic carbocycles. The number of primary amides is 1. The van der Waals surface area contributed by atoms with Crippen LogP contribution in [0.15, 0.2) is 36.4 Å². The van der Waals surface area contributed by atoms with Crippen LogP contribution in [0.5, 0.6) is 5.75 Å². The SMILES string of the molecule is N#Cc1cc(OC2Cc3ccccc3C2)c(CC(N)=O)c([N+](=O)[O-])c1. The molecule has 1 amide bonds. The summed E-state index contributed by atoms with van der Waals surface area (Å²) in [7, 11) is 0. The predicted octanol–water partition coefficient (Wildman–Crippen LogP) is 2.04. The average molecular weight is 337 g/mol. The van der Waals surface area contributed by atoms with Gasteiger partial charge < -0.3 is 10.5 Å². The number of amides is 1. The number of nitrogens with zero attached hydrogens (tertiary/aromatic N) is 2. The number of rotatable bonds is 5. The van der Waals surface area contributed by atoms with Crippen LogP contribution in [-0.4, -0.2) is 16.9 Å². The van der Waals surface area contributed by atoms with Crippen molar-refractivity contribution in [1.82, 2.24) is 0 Å². The first-order valence-electron chi connectivity index (χ1n) is 7.71. The second-order valence-electron chi connectivity index (χ2n) is 5.90. The Bertz CT molecular complexity index is 877. The topological polar surface area (TPSA) is 119 Å². The van der Waals surface area contributed by atoms with Gasteiger partial charge in [-0.2, -0.15) is 5.26 Å². The molecule has 0 radical (unpaired) electrons. The summed E-state index contributed by atoms with van der Waals surface area (Å²) in [5.74, 6) is -0.533. The Kier molecular flexibility index (Phi) is 4.35. The molecule has 2 aromatic rings. The summed E-state index contributed by atoms with van der Waals surface area (Å²) in [4.78, 5) is 22.0. The number of nitro groups is 1. The molecule has 25 heavy (non-hydrogen) atoms. The molecular weight excluding hydrogens is 322 g/mol.